The van der Waals surface area contributed by atoms with E-state index >= 15 is 0 Å². The number of rotatable bonds is 8. The number of hydrogen-bond donors (Lipinski definition) is 2. The second kappa shape index (κ2) is 7.02. The van der Waals surface area contributed by atoms with Gasteiger partial charge < -0.3 is 5.11 Å². The lowest BCUT2D eigenvalue weighted by atomic mass is 10.1. The van der Waals surface area contributed by atoms with E-state index in [1.807, 2.05) is 0 Å². The van der Waals surface area contributed by atoms with E-state index in [2.05, 4.69) is 18.6 Å². The molecule has 0 bridgehead atoms. The molecule has 1 aromatic rings. The fourth-order valence-corrected chi connectivity index (χ4v) is 3.80. The van der Waals surface area contributed by atoms with Gasteiger partial charge in [-0.2, -0.15) is 0 Å². The smallest absolute Gasteiger partial charge is 0.345 e. The van der Waals surface area contributed by atoms with E-state index in [4.69, 9.17) is 5.11 Å². The van der Waals surface area contributed by atoms with Crippen molar-refractivity contribution in [2.24, 2.45) is 5.92 Å². The summed E-state index contributed by atoms with van der Waals surface area (Å²) >= 11 is 0.767. The highest BCUT2D eigenvalue weighted by Crippen LogP contribution is 2.21. The Bertz CT molecular complexity index is 520. The molecule has 0 fully saturated rings. The normalized spacial score (nSPS) is 11.9. The highest BCUT2D eigenvalue weighted by atomic mass is 32.2. The highest BCUT2D eigenvalue weighted by molar-refractivity contribution is 7.91. The minimum Gasteiger partial charge on any atom is -0.477 e. The van der Waals surface area contributed by atoms with E-state index in [0.717, 1.165) is 30.6 Å². The van der Waals surface area contributed by atoms with Crippen molar-refractivity contribution in [2.75, 3.05) is 6.54 Å². The van der Waals surface area contributed by atoms with E-state index in [9.17, 15) is 13.2 Å². The van der Waals surface area contributed by atoms with Gasteiger partial charge in [0, 0.05) is 6.54 Å². The number of carboxylic acid groups (broad SMARTS) is 1. The Balaban J connectivity index is 2.49. The van der Waals surface area contributed by atoms with Gasteiger partial charge in [0.15, 0.2) is 0 Å². The summed E-state index contributed by atoms with van der Waals surface area (Å²) in [5.74, 6) is -0.490. The predicted octanol–water partition coefficient (Wildman–Crippen LogP) is 2.55. The van der Waals surface area contributed by atoms with Gasteiger partial charge in [-0.15, -0.1) is 11.3 Å². The van der Waals surface area contributed by atoms with Crippen LogP contribution in [0.5, 0.6) is 0 Å². The summed E-state index contributed by atoms with van der Waals surface area (Å²) in [6.07, 6.45) is 2.84. The van der Waals surface area contributed by atoms with Crippen LogP contribution in [-0.4, -0.2) is 26.0 Å². The molecule has 0 aliphatic heterocycles. The van der Waals surface area contributed by atoms with Gasteiger partial charge in [0.1, 0.15) is 9.09 Å². The van der Waals surface area contributed by atoms with Crippen molar-refractivity contribution in [3.8, 4) is 0 Å². The molecule has 0 aliphatic carbocycles. The molecular formula is C12H19NO4S2. The molecule has 108 valence electrons. The molecule has 0 saturated carbocycles. The third-order valence-electron chi connectivity index (χ3n) is 2.56. The van der Waals surface area contributed by atoms with Gasteiger partial charge in [0.05, 0.1) is 0 Å². The first-order valence-corrected chi connectivity index (χ1v) is 8.45. The van der Waals surface area contributed by atoms with Gasteiger partial charge in [-0.1, -0.05) is 26.7 Å². The molecule has 7 heteroatoms. The number of carboxylic acids is 1. The van der Waals surface area contributed by atoms with Crippen LogP contribution >= 0.6 is 11.3 Å². The fourth-order valence-electron chi connectivity index (χ4n) is 1.53. The number of nitrogens with one attached hydrogen (secondary N) is 1. The van der Waals surface area contributed by atoms with Gasteiger partial charge in [0.25, 0.3) is 0 Å². The van der Waals surface area contributed by atoms with Gasteiger partial charge in [-0.3, -0.25) is 0 Å². The van der Waals surface area contributed by atoms with Crippen molar-refractivity contribution >= 4 is 27.3 Å². The van der Waals surface area contributed by atoms with Gasteiger partial charge >= 0.3 is 5.97 Å². The quantitative estimate of drug-likeness (QED) is 0.723. The van der Waals surface area contributed by atoms with E-state index < -0.39 is 16.0 Å². The van der Waals surface area contributed by atoms with Crippen LogP contribution in [0, 0.1) is 5.92 Å². The molecule has 0 amide bonds. The van der Waals surface area contributed by atoms with Crippen molar-refractivity contribution in [1.82, 2.24) is 4.72 Å². The van der Waals surface area contributed by atoms with E-state index in [1.165, 1.54) is 12.1 Å². The zero-order chi connectivity index (χ0) is 14.5. The first-order valence-electron chi connectivity index (χ1n) is 6.15. The Morgan fingerprint density at radius 3 is 2.58 bits per heavy atom. The lowest BCUT2D eigenvalue weighted by Crippen LogP contribution is -2.24. The number of thiophene rings is 1. The van der Waals surface area contributed by atoms with Crippen LogP contribution in [0.25, 0.3) is 0 Å². The lowest BCUT2D eigenvalue weighted by molar-refractivity contribution is 0.0702. The molecule has 5 nitrogen and oxygen atoms in total. The van der Waals surface area contributed by atoms with E-state index in [0.29, 0.717) is 12.5 Å². The van der Waals surface area contributed by atoms with E-state index in [-0.39, 0.29) is 9.09 Å². The monoisotopic (exact) mass is 305 g/mol. The zero-order valence-corrected chi connectivity index (χ0v) is 12.7. The summed E-state index contributed by atoms with van der Waals surface area (Å²) in [6, 6.07) is 2.63. The Morgan fingerprint density at radius 2 is 2.05 bits per heavy atom. The van der Waals surface area contributed by atoms with Crippen LogP contribution < -0.4 is 4.72 Å². The van der Waals surface area contributed by atoms with Crippen LogP contribution in [-0.2, 0) is 10.0 Å². The molecule has 0 unspecified atom stereocenters. The number of carbonyl (C=O) groups is 1. The summed E-state index contributed by atoms with van der Waals surface area (Å²) in [5, 5.41) is 8.76. The topological polar surface area (TPSA) is 83.5 Å². The maximum absolute atomic E-state index is 11.9. The predicted molar refractivity (Wildman–Crippen MR) is 75.2 cm³/mol. The summed E-state index contributed by atoms with van der Waals surface area (Å²) in [5.41, 5.74) is 0. The standard InChI is InChI=1S/C12H19NO4S2/c1-9(2)5-3-4-8-13-19(16,17)11-7-6-10(18-11)12(14)15/h6-7,9,13H,3-5,8H2,1-2H3,(H,14,15). The SMILES string of the molecule is CC(C)CCCCNS(=O)(=O)c1ccc(C(=O)O)s1. The number of aromatic carboxylic acids is 1. The molecule has 0 aromatic carbocycles. The van der Waals surface area contributed by atoms with Crippen LogP contribution in [0.15, 0.2) is 16.3 Å². The molecule has 2 N–H and O–H groups in total. The van der Waals surface area contributed by atoms with Crippen LogP contribution in [0.2, 0.25) is 0 Å². The molecule has 19 heavy (non-hydrogen) atoms. The molecular weight excluding hydrogens is 286 g/mol. The van der Waals surface area contributed by atoms with Crippen molar-refractivity contribution in [3.63, 3.8) is 0 Å². The summed E-state index contributed by atoms with van der Waals surface area (Å²) in [7, 11) is -3.57. The van der Waals surface area contributed by atoms with Crippen molar-refractivity contribution in [2.45, 2.75) is 37.3 Å². The Labute approximate surface area is 117 Å². The Hall–Kier alpha value is -0.920. The maximum atomic E-state index is 11.9. The second-order valence-electron chi connectivity index (χ2n) is 4.71. The zero-order valence-electron chi connectivity index (χ0n) is 11.0. The second-order valence-corrected chi connectivity index (χ2v) is 7.79. The molecule has 0 radical (unpaired) electrons. The molecule has 0 saturated heterocycles. The minimum absolute atomic E-state index is 0.0279. The third-order valence-corrected chi connectivity index (χ3v) is 5.58. The lowest BCUT2D eigenvalue weighted by Gasteiger charge is -2.06. The largest absolute Gasteiger partial charge is 0.477 e. The molecule has 1 aromatic heterocycles. The number of unbranched alkanes of at least 4 members (excludes halogenated alkanes) is 1. The summed E-state index contributed by atoms with van der Waals surface area (Å²) in [4.78, 5) is 10.7. The van der Waals surface area contributed by atoms with Crippen LogP contribution in [0.3, 0.4) is 0 Å². The third kappa shape index (κ3) is 5.30. The summed E-state index contributed by atoms with van der Waals surface area (Å²) in [6.45, 7) is 4.64. The molecule has 0 atom stereocenters. The Morgan fingerprint density at radius 1 is 1.37 bits per heavy atom. The maximum Gasteiger partial charge on any atom is 0.345 e. The molecule has 0 spiro atoms. The molecule has 1 rings (SSSR count). The number of hydrogen-bond acceptors (Lipinski definition) is 4. The first kappa shape index (κ1) is 16.1. The minimum atomic E-state index is -3.57. The number of sulfonamides is 1. The molecule has 1 heterocycles. The van der Waals surface area contributed by atoms with Crippen LogP contribution in [0.1, 0.15) is 42.8 Å². The van der Waals surface area contributed by atoms with E-state index in [1.54, 1.807) is 0 Å². The van der Waals surface area contributed by atoms with Crippen molar-refractivity contribution in [3.05, 3.63) is 17.0 Å². The highest BCUT2D eigenvalue weighted by Gasteiger charge is 2.18. The Kier molecular flexibility index (Phi) is 5.96. The average molecular weight is 305 g/mol. The van der Waals surface area contributed by atoms with Crippen molar-refractivity contribution < 1.29 is 18.3 Å². The van der Waals surface area contributed by atoms with Gasteiger partial charge in [0.2, 0.25) is 10.0 Å². The van der Waals surface area contributed by atoms with Crippen molar-refractivity contribution in [1.29, 1.82) is 0 Å². The molecule has 0 aliphatic rings. The first-order chi connectivity index (χ1) is 8.83. The summed E-state index contributed by atoms with van der Waals surface area (Å²) < 4.78 is 26.3. The average Bonchev–Trinajstić information content (AvgIpc) is 2.77. The fraction of sp³-hybridized carbons (Fsp3) is 0.583. The van der Waals surface area contributed by atoms with Crippen LogP contribution in [0.4, 0.5) is 0 Å². The van der Waals surface area contributed by atoms with Gasteiger partial charge in [-0.05, 0) is 24.5 Å². The van der Waals surface area contributed by atoms with Gasteiger partial charge in [-0.25, -0.2) is 17.9 Å².